The fourth-order valence-corrected chi connectivity index (χ4v) is 24.3. The Kier molecular flexibility index (Phi) is 20.4. The lowest BCUT2D eigenvalue weighted by Gasteiger charge is -2.34. The average Bonchev–Trinajstić information content (AvgIpc) is 1.43. The van der Waals surface area contributed by atoms with Crippen molar-refractivity contribution in [1.82, 2.24) is 0 Å². The highest BCUT2D eigenvalue weighted by atomic mass is 32.1. The molecular formula is C132H83N3O3S3. The number of anilines is 9. The molecule has 0 atom stereocenters. The summed E-state index contributed by atoms with van der Waals surface area (Å²) < 4.78 is 27.8. The van der Waals surface area contributed by atoms with Gasteiger partial charge in [0.05, 0.1) is 45.5 Å². The van der Waals surface area contributed by atoms with Crippen molar-refractivity contribution in [2.75, 3.05) is 14.7 Å². The molecule has 0 unspecified atom stereocenters. The van der Waals surface area contributed by atoms with Crippen molar-refractivity contribution in [2.24, 2.45) is 0 Å². The summed E-state index contributed by atoms with van der Waals surface area (Å²) in [5, 5.41) is 15.2. The first-order chi connectivity index (χ1) is 69.9. The largest absolute Gasteiger partial charge is 0.453 e. The Morgan fingerprint density at radius 2 is 0.397 bits per heavy atom. The first-order valence-electron chi connectivity index (χ1n) is 47.7. The summed E-state index contributed by atoms with van der Waals surface area (Å²) >= 11 is 5.57. The molecule has 0 radical (unpaired) electrons. The summed E-state index contributed by atoms with van der Waals surface area (Å²) in [5.74, 6) is 5.06. The molecule has 0 amide bonds. The molecule has 0 N–H and O–H groups in total. The minimum absolute atomic E-state index is 0.830. The van der Waals surface area contributed by atoms with Crippen LogP contribution in [0.2, 0.25) is 0 Å². The molecule has 0 bridgehead atoms. The van der Waals surface area contributed by atoms with Gasteiger partial charge >= 0.3 is 0 Å². The van der Waals surface area contributed by atoms with Crippen LogP contribution in [0.3, 0.4) is 0 Å². The number of para-hydroxylation sites is 4. The van der Waals surface area contributed by atoms with Gasteiger partial charge in [0.25, 0.3) is 0 Å². The van der Waals surface area contributed by atoms with E-state index in [1.807, 2.05) is 58.3 Å². The molecular weight excluding hydrogens is 1770 g/mol. The van der Waals surface area contributed by atoms with Gasteiger partial charge in [0, 0.05) is 77.0 Å². The smallest absolute Gasteiger partial charge is 0.152 e. The molecule has 3 aliphatic rings. The summed E-state index contributed by atoms with van der Waals surface area (Å²) in [7, 11) is 0. The zero-order valence-corrected chi connectivity index (χ0v) is 78.7. The minimum atomic E-state index is 0.830. The molecule has 6 nitrogen and oxygen atoms in total. The van der Waals surface area contributed by atoms with Gasteiger partial charge in [-0.05, 0) is 262 Å². The Hall–Kier alpha value is -17.7. The van der Waals surface area contributed by atoms with E-state index in [2.05, 4.69) is 494 Å². The van der Waals surface area contributed by atoms with Gasteiger partial charge in [-0.2, -0.15) is 0 Å². The lowest BCUT2D eigenvalue weighted by Crippen LogP contribution is -2.16. The zero-order chi connectivity index (χ0) is 93.0. The second-order valence-electron chi connectivity index (χ2n) is 36.0. The van der Waals surface area contributed by atoms with E-state index in [-0.39, 0.29) is 0 Å². The van der Waals surface area contributed by atoms with Gasteiger partial charge in [0.1, 0.15) is 0 Å². The highest BCUT2D eigenvalue weighted by Crippen LogP contribution is 2.58. The maximum absolute atomic E-state index is 6.81. The number of rotatable bonds is 11. The first-order valence-corrected chi connectivity index (χ1v) is 50.1. The van der Waals surface area contributed by atoms with Crippen LogP contribution in [0, 0.1) is 0 Å². The van der Waals surface area contributed by atoms with Gasteiger partial charge < -0.3 is 28.9 Å². The van der Waals surface area contributed by atoms with Crippen LogP contribution in [0.15, 0.2) is 504 Å². The molecule has 3 aliphatic heterocycles. The molecule has 6 heterocycles. The second kappa shape index (κ2) is 34.8. The maximum atomic E-state index is 6.81. The Labute approximate surface area is 827 Å². The van der Waals surface area contributed by atoms with Gasteiger partial charge in [-0.25, -0.2) is 0 Å². The molecule has 29 rings (SSSR count). The third-order valence-corrected chi connectivity index (χ3v) is 31.3. The number of nitrogens with zero attached hydrogens (tertiary/aromatic N) is 3. The predicted molar refractivity (Wildman–Crippen MR) is 598 cm³/mol. The van der Waals surface area contributed by atoms with Crippen molar-refractivity contribution in [3.05, 3.63) is 504 Å². The summed E-state index contributed by atoms with van der Waals surface area (Å²) in [5.41, 5.74) is 28.4. The van der Waals surface area contributed by atoms with Gasteiger partial charge in [0.2, 0.25) is 0 Å². The van der Waals surface area contributed by atoms with Crippen molar-refractivity contribution in [3.8, 4) is 124 Å². The molecule has 23 aromatic carbocycles. The van der Waals surface area contributed by atoms with Crippen LogP contribution >= 0.6 is 34.0 Å². The van der Waals surface area contributed by atoms with E-state index in [4.69, 9.17) is 14.2 Å². The minimum Gasteiger partial charge on any atom is -0.453 e. The van der Waals surface area contributed by atoms with Crippen LogP contribution < -0.4 is 28.9 Å². The van der Waals surface area contributed by atoms with Crippen LogP contribution in [0.5, 0.6) is 34.5 Å². The van der Waals surface area contributed by atoms with Crippen molar-refractivity contribution in [2.45, 2.75) is 0 Å². The Balaban J connectivity index is 0.000000108. The molecule has 26 aromatic rings. The number of fused-ring (bicyclic) bond motifs is 18. The van der Waals surface area contributed by atoms with Crippen molar-refractivity contribution in [1.29, 1.82) is 0 Å². The monoisotopic (exact) mass is 1850 g/mol. The summed E-state index contributed by atoms with van der Waals surface area (Å²) in [6.07, 6.45) is 0. The number of ether oxygens (including phenoxy) is 3. The van der Waals surface area contributed by atoms with E-state index in [1.165, 1.54) is 143 Å². The van der Waals surface area contributed by atoms with Crippen LogP contribution in [-0.4, -0.2) is 0 Å². The normalized spacial score (nSPS) is 12.2. The van der Waals surface area contributed by atoms with Gasteiger partial charge in [-0.3, -0.25) is 0 Å². The molecule has 0 aliphatic carbocycles. The number of benzene rings is 23. The van der Waals surface area contributed by atoms with E-state index in [0.29, 0.717) is 0 Å². The van der Waals surface area contributed by atoms with Crippen molar-refractivity contribution >= 4 is 178 Å². The van der Waals surface area contributed by atoms with Gasteiger partial charge in [-0.15, -0.1) is 34.0 Å². The molecule has 0 saturated heterocycles. The van der Waals surface area contributed by atoms with Crippen LogP contribution in [-0.2, 0) is 0 Å². The lowest BCUT2D eigenvalue weighted by molar-refractivity contribution is 0.477. The van der Waals surface area contributed by atoms with E-state index in [9.17, 15) is 0 Å². The van der Waals surface area contributed by atoms with E-state index in [1.54, 1.807) is 0 Å². The van der Waals surface area contributed by atoms with Crippen LogP contribution in [0.25, 0.3) is 182 Å². The summed E-state index contributed by atoms with van der Waals surface area (Å²) in [6, 6.07) is 181. The molecule has 0 saturated carbocycles. The van der Waals surface area contributed by atoms with Gasteiger partial charge in [0.15, 0.2) is 34.5 Å². The molecule has 9 heteroatoms. The van der Waals surface area contributed by atoms with Crippen molar-refractivity contribution in [3.63, 3.8) is 0 Å². The fraction of sp³-hybridized carbons (Fsp3) is 0. The zero-order valence-electron chi connectivity index (χ0n) is 76.2. The van der Waals surface area contributed by atoms with E-state index >= 15 is 0 Å². The third-order valence-electron chi connectivity index (χ3n) is 27.8. The Bertz CT molecular complexity index is 9300. The van der Waals surface area contributed by atoms with Crippen molar-refractivity contribution < 1.29 is 14.2 Å². The second-order valence-corrected chi connectivity index (χ2v) is 39.3. The fourth-order valence-electron chi connectivity index (χ4n) is 21.0. The molecule has 662 valence electrons. The Morgan fingerprint density at radius 3 is 0.844 bits per heavy atom. The SMILES string of the molecule is c1ccc(-c2ccc3c(c2)Oc2cc(-c4cccc5ccccc45)ccc2N3c2ccc(-c3ccc(-c4ccc5sc6ccccc6c5c4)cc3)cc2)cc1.c1ccc(-c2ccc3c(c2)Oc2cc(-c4ccccc4)ccc2N3c2ccc(-c3ccc4sc5ccccc5c4c3)c3ccccc23)cc1.c1ccc2c(c1)Oc1ccccc1N2c1ccc(-c2ccc3sc4ccccc4c3c2)c2ccccc12. The number of hydrogen-bond donors (Lipinski definition) is 0. The quantitative estimate of drug-likeness (QED) is 0.128. The average molecular weight is 1860 g/mol. The molecule has 141 heavy (non-hydrogen) atoms. The molecule has 0 spiro atoms. The van der Waals surface area contributed by atoms with Crippen LogP contribution in [0.4, 0.5) is 51.2 Å². The Morgan fingerprint density at radius 1 is 0.135 bits per heavy atom. The van der Waals surface area contributed by atoms with E-state index in [0.717, 1.165) is 125 Å². The molecule has 0 fully saturated rings. The van der Waals surface area contributed by atoms with Crippen LogP contribution in [0.1, 0.15) is 0 Å². The third kappa shape index (κ3) is 14.8. The highest BCUT2D eigenvalue weighted by Gasteiger charge is 2.33. The lowest BCUT2D eigenvalue weighted by atomic mass is 9.94. The number of hydrogen-bond acceptors (Lipinski definition) is 9. The predicted octanol–water partition coefficient (Wildman–Crippen LogP) is 39.7. The highest BCUT2D eigenvalue weighted by molar-refractivity contribution is 7.26. The first kappa shape index (κ1) is 82.7. The van der Waals surface area contributed by atoms with Gasteiger partial charge in [-0.1, -0.05) is 352 Å². The summed E-state index contributed by atoms with van der Waals surface area (Å²) in [4.78, 5) is 7.03. The molecule has 3 aromatic heterocycles. The topological polar surface area (TPSA) is 37.4 Å². The summed E-state index contributed by atoms with van der Waals surface area (Å²) in [6.45, 7) is 0. The standard InChI is InChI=1S/C52H33NOS.C46H29NOS.C34H21NOS/c1-2-9-34(10-3-1)40-23-28-47-49(32-40)54-50-33-41(44-15-8-12-38-11-4-5-13-43(38)44)24-29-48(50)53(47)42-26-21-36(22-27-42)35-17-19-37(20-18-35)39-25-30-52-46(31-39)45-14-6-7-16-51(45)55-52;1-3-11-30(12-4-1)32-19-23-41-43(28-32)48-44-29-33(31-13-5-2-6-14-31)20-24-42(44)47(41)40-25-22-35(36-15-7-8-16-37(36)40)34-21-26-46-39(27-34)38-17-9-10-18-45(38)49-46;1-2-10-25-24(9-1)23(22-17-20-34-27(21-22)26-11-3-8-16-33(26)37-34)18-19-28(25)35-29-12-4-6-14-31(29)36-32-15-7-5-13-30(32)35/h1-33H;1-29H;1-21H. The number of thiophene rings is 3. The maximum Gasteiger partial charge on any atom is 0.152 e. The van der Waals surface area contributed by atoms with E-state index < -0.39 is 0 Å².